The molecule has 6 heteroatoms. The van der Waals surface area contributed by atoms with Gasteiger partial charge >= 0.3 is 0 Å². The molecule has 2 fully saturated rings. The molecular weight excluding hydrogens is 396 g/mol. The van der Waals surface area contributed by atoms with Gasteiger partial charge in [-0.25, -0.2) is 0 Å². The number of allylic oxidation sites excluding steroid dienone is 2. The van der Waals surface area contributed by atoms with E-state index in [9.17, 15) is 5.11 Å². The van der Waals surface area contributed by atoms with Gasteiger partial charge < -0.3 is 28.8 Å². The number of aliphatic hydroxyl groups is 1. The van der Waals surface area contributed by atoms with Gasteiger partial charge in [-0.15, -0.1) is 0 Å². The first-order valence-corrected chi connectivity index (χ1v) is 11.6. The number of rotatable bonds is 12. The Morgan fingerprint density at radius 1 is 1.06 bits per heavy atom. The molecule has 2 rings (SSSR count). The van der Waals surface area contributed by atoms with Gasteiger partial charge in [0.05, 0.1) is 18.3 Å². The van der Waals surface area contributed by atoms with Crippen LogP contribution in [-0.4, -0.2) is 70.4 Å². The second-order valence-electron chi connectivity index (χ2n) is 9.18. The Hall–Kier alpha value is -0.760. The van der Waals surface area contributed by atoms with Crippen molar-refractivity contribution in [3.8, 4) is 0 Å². The zero-order chi connectivity index (χ0) is 23.1. The smallest absolute Gasteiger partial charge is 0.160 e. The summed E-state index contributed by atoms with van der Waals surface area (Å²) in [4.78, 5) is 0. The van der Waals surface area contributed by atoms with Crippen molar-refractivity contribution in [3.05, 3.63) is 23.8 Å². The van der Waals surface area contributed by atoms with Gasteiger partial charge in [-0.05, 0) is 43.1 Å². The van der Waals surface area contributed by atoms with Gasteiger partial charge in [0.25, 0.3) is 0 Å². The minimum absolute atomic E-state index is 0.0813. The third kappa shape index (κ3) is 6.62. The topological polar surface area (TPSA) is 66.4 Å². The Morgan fingerprint density at radius 3 is 2.32 bits per heavy atom. The molecular formula is C25H44O6. The average molecular weight is 441 g/mol. The lowest BCUT2D eigenvalue weighted by Gasteiger charge is -2.40. The molecule has 180 valence electrons. The molecule has 0 aromatic carbocycles. The van der Waals surface area contributed by atoms with Crippen LogP contribution in [-0.2, 0) is 23.7 Å². The molecule has 0 aromatic rings. The van der Waals surface area contributed by atoms with Gasteiger partial charge in [-0.2, -0.15) is 0 Å². The molecule has 0 aromatic heterocycles. The number of ether oxygens (including phenoxy) is 5. The minimum Gasteiger partial charge on any atom is -0.392 e. The molecule has 0 unspecified atom stereocenters. The summed E-state index contributed by atoms with van der Waals surface area (Å²) in [7, 11) is 6.80. The highest BCUT2D eigenvalue weighted by molar-refractivity contribution is 5.18. The highest BCUT2D eigenvalue weighted by Gasteiger charge is 2.48. The molecule has 1 N–H and O–H groups in total. The summed E-state index contributed by atoms with van der Waals surface area (Å²) in [6.07, 6.45) is 7.96. The van der Waals surface area contributed by atoms with Crippen molar-refractivity contribution in [2.75, 3.05) is 28.4 Å². The van der Waals surface area contributed by atoms with Gasteiger partial charge in [0.1, 0.15) is 12.2 Å². The maximum absolute atomic E-state index is 10.8. The Morgan fingerprint density at radius 2 is 1.77 bits per heavy atom. The van der Waals surface area contributed by atoms with E-state index in [4.69, 9.17) is 23.7 Å². The zero-order valence-electron chi connectivity index (χ0n) is 20.6. The van der Waals surface area contributed by atoms with Crippen LogP contribution in [0.5, 0.6) is 0 Å². The molecule has 10 atom stereocenters. The van der Waals surface area contributed by atoms with Crippen LogP contribution in [0.25, 0.3) is 0 Å². The fourth-order valence-corrected chi connectivity index (χ4v) is 5.08. The maximum atomic E-state index is 10.8. The normalized spacial score (nSPS) is 35.7. The molecule has 1 aliphatic heterocycles. The van der Waals surface area contributed by atoms with Crippen LogP contribution in [0.4, 0.5) is 0 Å². The molecule has 0 amide bonds. The summed E-state index contributed by atoms with van der Waals surface area (Å²) in [6, 6.07) is 0. The van der Waals surface area contributed by atoms with Crippen LogP contribution < -0.4 is 0 Å². The second kappa shape index (κ2) is 12.5. The predicted octanol–water partition coefficient (Wildman–Crippen LogP) is 3.97. The standard InChI is InChI=1S/C25H44O6/c1-9-20(27-5)17(4)18-13-19(18)23(26)15(2)11-10-12-16(3)24-25(30-8)21(28-6)14-22(29-7)31-24/h10-12,15,17-26H,9,13-14H2,1-8H3/b11-10+,16-12+/t15-,17-,18-,19+,20-,21-,22+,23+,24+,25+/m0/s1. The Labute approximate surface area is 188 Å². The molecule has 0 spiro atoms. The fourth-order valence-electron chi connectivity index (χ4n) is 5.08. The van der Waals surface area contributed by atoms with E-state index in [0.29, 0.717) is 24.2 Å². The minimum atomic E-state index is -0.333. The third-order valence-corrected chi connectivity index (χ3v) is 7.28. The number of hydrogen-bond donors (Lipinski definition) is 1. The van der Waals surface area contributed by atoms with Gasteiger partial charge in [0, 0.05) is 40.8 Å². The third-order valence-electron chi connectivity index (χ3n) is 7.28. The van der Waals surface area contributed by atoms with Crippen molar-refractivity contribution in [1.29, 1.82) is 0 Å². The first-order valence-electron chi connectivity index (χ1n) is 11.6. The van der Waals surface area contributed by atoms with Gasteiger partial charge in [-0.3, -0.25) is 0 Å². The van der Waals surface area contributed by atoms with Crippen LogP contribution in [0.15, 0.2) is 23.8 Å². The predicted molar refractivity (Wildman–Crippen MR) is 122 cm³/mol. The van der Waals surface area contributed by atoms with E-state index in [2.05, 4.69) is 26.8 Å². The lowest BCUT2D eigenvalue weighted by Crippen LogP contribution is -2.51. The first-order chi connectivity index (χ1) is 14.8. The van der Waals surface area contributed by atoms with Crippen molar-refractivity contribution < 1.29 is 28.8 Å². The summed E-state index contributed by atoms with van der Waals surface area (Å²) < 4.78 is 28.4. The van der Waals surface area contributed by atoms with Crippen LogP contribution in [0.2, 0.25) is 0 Å². The monoisotopic (exact) mass is 440 g/mol. The Kier molecular flexibility index (Phi) is 10.7. The van der Waals surface area contributed by atoms with Gasteiger partial charge in [0.2, 0.25) is 0 Å². The van der Waals surface area contributed by atoms with Crippen molar-refractivity contribution in [2.45, 2.75) is 83.8 Å². The van der Waals surface area contributed by atoms with Crippen LogP contribution >= 0.6 is 0 Å². The van der Waals surface area contributed by atoms with E-state index in [1.54, 1.807) is 28.4 Å². The molecule has 1 heterocycles. The van der Waals surface area contributed by atoms with E-state index in [0.717, 1.165) is 18.4 Å². The lowest BCUT2D eigenvalue weighted by atomic mass is 9.91. The van der Waals surface area contributed by atoms with E-state index < -0.39 is 0 Å². The van der Waals surface area contributed by atoms with Crippen LogP contribution in [0.1, 0.15) is 47.0 Å². The van der Waals surface area contributed by atoms with Gasteiger partial charge in [0.15, 0.2) is 6.29 Å². The Bertz CT molecular complexity index is 587. The van der Waals surface area contributed by atoms with E-state index in [-0.39, 0.29) is 42.7 Å². The van der Waals surface area contributed by atoms with Crippen molar-refractivity contribution in [3.63, 3.8) is 0 Å². The summed E-state index contributed by atoms with van der Waals surface area (Å²) in [5.41, 5.74) is 1.04. The van der Waals surface area contributed by atoms with Crippen molar-refractivity contribution in [2.24, 2.45) is 23.7 Å². The van der Waals surface area contributed by atoms with Crippen LogP contribution in [0, 0.1) is 23.7 Å². The first kappa shape index (κ1) is 26.5. The molecule has 0 bridgehead atoms. The summed E-state index contributed by atoms with van der Waals surface area (Å²) in [5.74, 6) is 1.46. The summed E-state index contributed by atoms with van der Waals surface area (Å²) in [5, 5.41) is 10.8. The van der Waals surface area contributed by atoms with Crippen LogP contribution in [0.3, 0.4) is 0 Å². The lowest BCUT2D eigenvalue weighted by molar-refractivity contribution is -0.241. The summed E-state index contributed by atoms with van der Waals surface area (Å²) >= 11 is 0. The fraction of sp³-hybridized carbons (Fsp3) is 0.840. The molecule has 1 aliphatic carbocycles. The van der Waals surface area contributed by atoms with E-state index in [1.807, 2.05) is 19.1 Å². The molecule has 31 heavy (non-hydrogen) atoms. The van der Waals surface area contributed by atoms with Crippen molar-refractivity contribution in [1.82, 2.24) is 0 Å². The van der Waals surface area contributed by atoms with E-state index >= 15 is 0 Å². The highest BCUT2D eigenvalue weighted by Crippen LogP contribution is 2.49. The maximum Gasteiger partial charge on any atom is 0.160 e. The molecule has 2 aliphatic rings. The van der Waals surface area contributed by atoms with Crippen molar-refractivity contribution >= 4 is 0 Å². The molecule has 1 saturated heterocycles. The molecule has 6 nitrogen and oxygen atoms in total. The quantitative estimate of drug-likeness (QED) is 0.463. The number of aliphatic hydroxyl groups excluding tert-OH is 1. The number of methoxy groups -OCH3 is 4. The molecule has 0 radical (unpaired) electrons. The highest BCUT2D eigenvalue weighted by atomic mass is 16.7. The largest absolute Gasteiger partial charge is 0.392 e. The van der Waals surface area contributed by atoms with Gasteiger partial charge in [-0.1, -0.05) is 39.0 Å². The Balaban J connectivity index is 1.96. The molecule has 1 saturated carbocycles. The SMILES string of the molecule is CC[C@H](OC)[C@@H](C)[C@@H]1C[C@H]1[C@H](O)[C@@H](C)/C=C/C=C(\C)[C@H]1O[C@@H](OC)C[C@H](OC)[C@H]1OC. The van der Waals surface area contributed by atoms with E-state index in [1.165, 1.54) is 0 Å². The second-order valence-corrected chi connectivity index (χ2v) is 9.18. The number of hydrogen-bond acceptors (Lipinski definition) is 6. The zero-order valence-corrected chi connectivity index (χ0v) is 20.6. The summed E-state index contributed by atoms with van der Waals surface area (Å²) in [6.45, 7) is 8.51. The average Bonchev–Trinajstić information content (AvgIpc) is 3.58.